The number of cyclic esters (lactones) is 2. The molecule has 5 unspecified atom stereocenters. The van der Waals surface area contributed by atoms with Crippen molar-refractivity contribution in [1.29, 1.82) is 0 Å². The van der Waals surface area contributed by atoms with Gasteiger partial charge in [-0.1, -0.05) is 64.3 Å². The number of anilines is 2. The Hall–Kier alpha value is -6.12. The number of para-hydroxylation sites is 2. The standard InChI is InChI=1S/C27H38N2O9.C13H11NO3/c1-6-7-8-10-19-24(38-21(31)13-15(2)3)17(5)37-27(35)22(16(4)36-26(19)34)29-25(33)18-11-9-12-20(23(18)32)28-14-30;14-9-6-7-11(12(15)8-9)13(16)17-10-4-2-1-3-5-10/h9,11-12,14-17,19,22,24,32H,6-8,10,13H2,1-5H3,(H,28,30)(H,29,33);1-8,15H,14H2. The topological polar surface area (TPSA) is 230 Å². The van der Waals surface area contributed by atoms with Gasteiger partial charge in [-0.25, -0.2) is 9.59 Å². The van der Waals surface area contributed by atoms with Crippen molar-refractivity contribution >= 4 is 47.6 Å². The molecular weight excluding hydrogens is 714 g/mol. The Morgan fingerprint density at radius 2 is 1.60 bits per heavy atom. The van der Waals surface area contributed by atoms with Crippen LogP contribution in [0.3, 0.4) is 0 Å². The van der Waals surface area contributed by atoms with Gasteiger partial charge in [0.1, 0.15) is 29.3 Å². The first-order valence-corrected chi connectivity index (χ1v) is 18.0. The van der Waals surface area contributed by atoms with E-state index in [1.807, 2.05) is 26.8 Å². The summed E-state index contributed by atoms with van der Waals surface area (Å²) in [6, 6.07) is 15.6. The van der Waals surface area contributed by atoms with Crippen molar-refractivity contribution < 1.29 is 57.9 Å². The minimum atomic E-state index is -1.42. The number of esters is 4. The van der Waals surface area contributed by atoms with E-state index in [0.29, 0.717) is 30.7 Å². The monoisotopic (exact) mass is 763 g/mol. The van der Waals surface area contributed by atoms with Gasteiger partial charge in [0.15, 0.2) is 17.9 Å². The van der Waals surface area contributed by atoms with Gasteiger partial charge in [-0.3, -0.25) is 19.2 Å². The van der Waals surface area contributed by atoms with Crippen LogP contribution in [0.15, 0.2) is 66.7 Å². The Kier molecular flexibility index (Phi) is 16.5. The maximum absolute atomic E-state index is 13.3. The highest BCUT2D eigenvalue weighted by Gasteiger charge is 2.44. The van der Waals surface area contributed by atoms with Crippen molar-refractivity contribution in [2.75, 3.05) is 11.1 Å². The third-order valence-electron chi connectivity index (χ3n) is 8.43. The van der Waals surface area contributed by atoms with E-state index in [-0.39, 0.29) is 34.9 Å². The smallest absolute Gasteiger partial charge is 0.347 e. The molecule has 0 bridgehead atoms. The molecule has 1 saturated heterocycles. The number of amides is 2. The number of nitrogens with two attached hydrogens (primary N) is 1. The van der Waals surface area contributed by atoms with Gasteiger partial charge < -0.3 is 45.5 Å². The van der Waals surface area contributed by atoms with Crippen molar-refractivity contribution in [1.82, 2.24) is 5.32 Å². The van der Waals surface area contributed by atoms with Crippen LogP contribution in [-0.4, -0.2) is 70.8 Å². The van der Waals surface area contributed by atoms with Crippen LogP contribution in [0.5, 0.6) is 17.2 Å². The second kappa shape index (κ2) is 20.9. The predicted octanol–water partition coefficient (Wildman–Crippen LogP) is 5.28. The van der Waals surface area contributed by atoms with Gasteiger partial charge in [0.2, 0.25) is 6.41 Å². The van der Waals surface area contributed by atoms with Gasteiger partial charge in [0, 0.05) is 18.2 Å². The zero-order valence-corrected chi connectivity index (χ0v) is 31.5. The van der Waals surface area contributed by atoms with E-state index in [1.54, 1.807) is 24.3 Å². The maximum atomic E-state index is 13.3. The number of hydrogen-bond donors (Lipinski definition) is 5. The van der Waals surface area contributed by atoms with Crippen LogP contribution >= 0.6 is 0 Å². The highest BCUT2D eigenvalue weighted by atomic mass is 16.6. The minimum Gasteiger partial charge on any atom is -0.507 e. The number of hydrogen-bond acceptors (Lipinski definition) is 13. The molecule has 0 aliphatic carbocycles. The van der Waals surface area contributed by atoms with Crippen LogP contribution in [0.4, 0.5) is 11.4 Å². The summed E-state index contributed by atoms with van der Waals surface area (Å²) in [6.45, 7) is 8.70. The first-order valence-electron chi connectivity index (χ1n) is 18.0. The summed E-state index contributed by atoms with van der Waals surface area (Å²) in [5.74, 6) is -4.66. The van der Waals surface area contributed by atoms with E-state index in [4.69, 9.17) is 24.7 Å². The van der Waals surface area contributed by atoms with Crippen LogP contribution in [0.2, 0.25) is 0 Å². The lowest BCUT2D eigenvalue weighted by Gasteiger charge is -2.29. The number of carbonyl (C=O) groups excluding carboxylic acids is 6. The number of aromatic hydroxyl groups is 2. The van der Waals surface area contributed by atoms with Crippen LogP contribution in [0.25, 0.3) is 0 Å². The molecule has 1 aliphatic heterocycles. The Morgan fingerprint density at radius 3 is 2.24 bits per heavy atom. The summed E-state index contributed by atoms with van der Waals surface area (Å²) >= 11 is 0. The Balaban J connectivity index is 0.000000394. The van der Waals surface area contributed by atoms with Crippen molar-refractivity contribution in [3.8, 4) is 17.2 Å². The van der Waals surface area contributed by atoms with Crippen LogP contribution < -0.4 is 21.1 Å². The molecule has 15 heteroatoms. The lowest BCUT2D eigenvalue weighted by atomic mass is 9.92. The van der Waals surface area contributed by atoms with Gasteiger partial charge in [-0.05, 0) is 62.6 Å². The highest BCUT2D eigenvalue weighted by Crippen LogP contribution is 2.29. The average Bonchev–Trinajstić information content (AvgIpc) is 3.14. The number of nitrogens with one attached hydrogen (secondary N) is 2. The minimum absolute atomic E-state index is 0.00114. The normalized spacial score (nSPS) is 19.5. The predicted molar refractivity (Wildman–Crippen MR) is 201 cm³/mol. The SMILES string of the molecule is CCCCCC1C(=O)OC(C)C(NC(=O)c2cccc(NC=O)c2O)C(=O)OC(C)C1OC(=O)CC(C)C.Nc1ccc(C(=O)Oc2ccccc2)c(O)c1. The number of carbonyl (C=O) groups is 6. The average molecular weight is 764 g/mol. The molecule has 4 rings (SSSR count). The summed E-state index contributed by atoms with van der Waals surface area (Å²) < 4.78 is 22.0. The summed E-state index contributed by atoms with van der Waals surface area (Å²) in [5.41, 5.74) is 5.73. The van der Waals surface area contributed by atoms with Crippen LogP contribution in [-0.2, 0) is 33.4 Å². The fourth-order valence-corrected chi connectivity index (χ4v) is 5.60. The molecule has 6 N–H and O–H groups in total. The van der Waals surface area contributed by atoms with Crippen molar-refractivity contribution in [3.05, 3.63) is 77.9 Å². The number of benzene rings is 3. The van der Waals surface area contributed by atoms with E-state index >= 15 is 0 Å². The molecular formula is C40H49N3O12. The molecule has 1 heterocycles. The third kappa shape index (κ3) is 12.8. The molecule has 0 saturated carbocycles. The number of rotatable bonds is 13. The molecule has 55 heavy (non-hydrogen) atoms. The summed E-state index contributed by atoms with van der Waals surface area (Å²) in [7, 11) is 0. The Morgan fingerprint density at radius 1 is 0.909 bits per heavy atom. The largest absolute Gasteiger partial charge is 0.507 e. The molecule has 0 aromatic heterocycles. The lowest BCUT2D eigenvalue weighted by Crippen LogP contribution is -2.50. The van der Waals surface area contributed by atoms with Gasteiger partial charge in [-0.15, -0.1) is 0 Å². The number of unbranched alkanes of at least 4 members (excludes halogenated alkanes) is 2. The van der Waals surface area contributed by atoms with Gasteiger partial charge >= 0.3 is 23.9 Å². The van der Waals surface area contributed by atoms with Crippen molar-refractivity contribution in [2.24, 2.45) is 11.8 Å². The number of phenolic OH excluding ortho intramolecular Hbond substituents is 2. The zero-order valence-electron chi connectivity index (χ0n) is 31.5. The summed E-state index contributed by atoms with van der Waals surface area (Å²) in [5, 5.41) is 24.7. The molecule has 5 atom stereocenters. The number of nitrogen functional groups attached to an aromatic ring is 1. The molecule has 296 valence electrons. The van der Waals surface area contributed by atoms with E-state index in [0.717, 1.165) is 12.8 Å². The summed E-state index contributed by atoms with van der Waals surface area (Å²) in [6.07, 6.45) is 0.0639. The van der Waals surface area contributed by atoms with Crippen LogP contribution in [0, 0.1) is 11.8 Å². The first-order chi connectivity index (χ1) is 26.2. The molecule has 1 aliphatic rings. The van der Waals surface area contributed by atoms with Crippen LogP contribution in [0.1, 0.15) is 87.4 Å². The number of phenols is 2. The molecule has 0 radical (unpaired) electrons. The first kappa shape index (κ1) is 43.3. The van der Waals surface area contributed by atoms with Crippen molar-refractivity contribution in [2.45, 2.75) is 91.1 Å². The second-order valence-electron chi connectivity index (χ2n) is 13.3. The summed E-state index contributed by atoms with van der Waals surface area (Å²) in [4.78, 5) is 74.4. The fraction of sp³-hybridized carbons (Fsp3) is 0.400. The fourth-order valence-electron chi connectivity index (χ4n) is 5.60. The Labute approximate surface area is 319 Å². The molecule has 15 nitrogen and oxygen atoms in total. The van der Waals surface area contributed by atoms with Crippen molar-refractivity contribution in [3.63, 3.8) is 0 Å². The molecule has 3 aromatic carbocycles. The van der Waals surface area contributed by atoms with E-state index < -0.39 is 65.8 Å². The van der Waals surface area contributed by atoms with Gasteiger partial charge in [0.25, 0.3) is 5.91 Å². The Bertz CT molecular complexity index is 1800. The second-order valence-corrected chi connectivity index (χ2v) is 13.3. The quantitative estimate of drug-likeness (QED) is 0.0284. The maximum Gasteiger partial charge on any atom is 0.347 e. The van der Waals surface area contributed by atoms with E-state index in [9.17, 15) is 39.0 Å². The number of ether oxygens (including phenoxy) is 4. The van der Waals surface area contributed by atoms with E-state index in [2.05, 4.69) is 10.6 Å². The van der Waals surface area contributed by atoms with Gasteiger partial charge in [0.05, 0.1) is 17.2 Å². The lowest BCUT2D eigenvalue weighted by molar-refractivity contribution is -0.175. The third-order valence-corrected chi connectivity index (χ3v) is 8.43. The molecule has 2 amide bonds. The highest BCUT2D eigenvalue weighted by molar-refractivity contribution is 6.01. The molecule has 3 aromatic rings. The molecule has 0 spiro atoms. The zero-order chi connectivity index (χ0) is 40.7. The molecule has 1 fully saturated rings. The van der Waals surface area contributed by atoms with E-state index in [1.165, 1.54) is 50.2 Å². The van der Waals surface area contributed by atoms with Gasteiger partial charge in [-0.2, -0.15) is 0 Å².